The maximum absolute atomic E-state index is 11.5. The van der Waals surface area contributed by atoms with Gasteiger partial charge in [-0.25, -0.2) is 4.79 Å². The molecule has 0 unspecified atom stereocenters. The molecule has 2 heterocycles. The fraction of sp³-hybridized carbons (Fsp3) is 0.125. The molecule has 2 N–H and O–H groups in total. The number of nitrogens with one attached hydrogen (secondary N) is 2. The van der Waals surface area contributed by atoms with Crippen molar-refractivity contribution in [1.29, 1.82) is 0 Å². The van der Waals surface area contributed by atoms with Gasteiger partial charge in [0.05, 0.1) is 7.11 Å². The maximum atomic E-state index is 11.5. The van der Waals surface area contributed by atoms with Crippen molar-refractivity contribution in [2.45, 2.75) is 6.92 Å². The first-order valence-corrected chi connectivity index (χ1v) is 6.74. The number of amides is 3. The number of carbonyl (C=O) groups is 2. The van der Waals surface area contributed by atoms with Gasteiger partial charge in [-0.2, -0.15) is 0 Å². The predicted octanol–water partition coefficient (Wildman–Crippen LogP) is 1.97. The first-order chi connectivity index (χ1) is 10.6. The van der Waals surface area contributed by atoms with Crippen LogP contribution in [-0.2, 0) is 4.79 Å². The number of methoxy groups -OCH3 is 1. The van der Waals surface area contributed by atoms with Crippen LogP contribution >= 0.6 is 0 Å². The summed E-state index contributed by atoms with van der Waals surface area (Å²) < 4.78 is 7.15. The molecule has 1 aliphatic heterocycles. The van der Waals surface area contributed by atoms with Crippen LogP contribution in [0.3, 0.4) is 0 Å². The Balaban J connectivity index is 1.92. The number of benzene rings is 1. The Labute approximate surface area is 127 Å². The molecule has 1 aliphatic rings. The molecular weight excluding hydrogens is 282 g/mol. The van der Waals surface area contributed by atoms with Crippen LogP contribution in [0.15, 0.2) is 42.2 Å². The Hall–Kier alpha value is -3.02. The molecule has 3 amide bonds. The molecule has 0 aliphatic carbocycles. The normalized spacial score (nSPS) is 15.8. The lowest BCUT2D eigenvalue weighted by molar-refractivity contribution is -0.115. The molecule has 0 radical (unpaired) electrons. The van der Waals surface area contributed by atoms with Crippen molar-refractivity contribution < 1.29 is 14.3 Å². The fourth-order valence-electron chi connectivity index (χ4n) is 2.35. The standard InChI is InChI=1S/C16H15N3O3/c1-10-7-11(8-14-15(20)18-16(21)17-14)9-19(10)12-3-5-13(22-2)6-4-12/h3-9H,1-2H3,(H2,17,18,20,21)/b14-8-. The van der Waals surface area contributed by atoms with Crippen LogP contribution < -0.4 is 15.4 Å². The molecule has 22 heavy (non-hydrogen) atoms. The van der Waals surface area contributed by atoms with Crippen LogP contribution in [0.2, 0.25) is 0 Å². The smallest absolute Gasteiger partial charge is 0.326 e. The van der Waals surface area contributed by atoms with Crippen molar-refractivity contribution in [2.24, 2.45) is 0 Å². The second-order valence-corrected chi connectivity index (χ2v) is 4.95. The summed E-state index contributed by atoms with van der Waals surface area (Å²) in [7, 11) is 1.63. The highest BCUT2D eigenvalue weighted by Gasteiger charge is 2.22. The molecule has 6 nitrogen and oxygen atoms in total. The third kappa shape index (κ3) is 2.58. The first kappa shape index (κ1) is 13.9. The van der Waals surface area contributed by atoms with E-state index >= 15 is 0 Å². The SMILES string of the molecule is COc1ccc(-n2cc(/C=C3\NC(=O)NC3=O)cc2C)cc1. The second-order valence-electron chi connectivity index (χ2n) is 4.95. The molecule has 1 saturated heterocycles. The molecule has 2 aromatic rings. The van der Waals surface area contributed by atoms with E-state index < -0.39 is 11.9 Å². The lowest BCUT2D eigenvalue weighted by Gasteiger charge is -2.06. The van der Waals surface area contributed by atoms with E-state index in [2.05, 4.69) is 10.6 Å². The van der Waals surface area contributed by atoms with Gasteiger partial charge in [-0.15, -0.1) is 0 Å². The number of urea groups is 1. The maximum Gasteiger partial charge on any atom is 0.326 e. The van der Waals surface area contributed by atoms with Crippen molar-refractivity contribution in [3.05, 3.63) is 53.5 Å². The molecule has 3 rings (SSSR count). The molecule has 0 atom stereocenters. The molecular formula is C16H15N3O3. The van der Waals surface area contributed by atoms with Crippen molar-refractivity contribution in [1.82, 2.24) is 15.2 Å². The molecule has 0 bridgehead atoms. The van der Waals surface area contributed by atoms with E-state index in [1.807, 2.05) is 48.0 Å². The number of ether oxygens (including phenoxy) is 1. The highest BCUT2D eigenvalue weighted by atomic mass is 16.5. The van der Waals surface area contributed by atoms with Gasteiger partial charge in [-0.05, 0) is 48.9 Å². The average Bonchev–Trinajstić information content (AvgIpc) is 3.02. The summed E-state index contributed by atoms with van der Waals surface area (Å²) in [6.07, 6.45) is 3.55. The highest BCUT2D eigenvalue weighted by molar-refractivity contribution is 6.13. The van der Waals surface area contributed by atoms with Crippen LogP contribution in [-0.4, -0.2) is 23.6 Å². The Morgan fingerprint density at radius 2 is 1.86 bits per heavy atom. The monoisotopic (exact) mass is 297 g/mol. The highest BCUT2D eigenvalue weighted by Crippen LogP contribution is 2.20. The Morgan fingerprint density at radius 1 is 1.14 bits per heavy atom. The third-order valence-electron chi connectivity index (χ3n) is 3.42. The van der Waals surface area contributed by atoms with Gasteiger partial charge in [-0.1, -0.05) is 0 Å². The Morgan fingerprint density at radius 3 is 2.45 bits per heavy atom. The molecule has 112 valence electrons. The summed E-state index contributed by atoms with van der Waals surface area (Å²) in [6, 6.07) is 9.12. The lowest BCUT2D eigenvalue weighted by Crippen LogP contribution is -2.22. The van der Waals surface area contributed by atoms with E-state index in [1.54, 1.807) is 13.2 Å². The van der Waals surface area contributed by atoms with Gasteiger partial charge in [-0.3, -0.25) is 10.1 Å². The Bertz CT molecular complexity index is 772. The molecule has 6 heteroatoms. The minimum absolute atomic E-state index is 0.247. The van der Waals surface area contributed by atoms with Crippen molar-refractivity contribution in [3.63, 3.8) is 0 Å². The lowest BCUT2D eigenvalue weighted by atomic mass is 10.2. The number of hydrogen-bond acceptors (Lipinski definition) is 3. The second kappa shape index (κ2) is 5.40. The first-order valence-electron chi connectivity index (χ1n) is 6.74. The molecule has 1 aromatic carbocycles. The number of rotatable bonds is 3. The number of imide groups is 1. The summed E-state index contributed by atoms with van der Waals surface area (Å²) in [4.78, 5) is 22.6. The van der Waals surface area contributed by atoms with Crippen LogP contribution in [0.1, 0.15) is 11.3 Å². The van der Waals surface area contributed by atoms with Gasteiger partial charge in [0.25, 0.3) is 5.91 Å². The fourth-order valence-corrected chi connectivity index (χ4v) is 2.35. The van der Waals surface area contributed by atoms with Crippen LogP contribution in [0.4, 0.5) is 4.79 Å². The van der Waals surface area contributed by atoms with Gasteiger partial charge >= 0.3 is 6.03 Å². The van der Waals surface area contributed by atoms with Crippen molar-refractivity contribution >= 4 is 18.0 Å². The summed E-state index contributed by atoms with van der Waals surface area (Å²) in [5.74, 6) is 0.376. The summed E-state index contributed by atoms with van der Waals surface area (Å²) in [6.45, 7) is 1.97. The summed E-state index contributed by atoms with van der Waals surface area (Å²) in [5.41, 5.74) is 3.09. The van der Waals surface area contributed by atoms with E-state index in [0.717, 1.165) is 22.7 Å². The van der Waals surface area contributed by atoms with Gasteiger partial charge in [0.2, 0.25) is 0 Å². The van der Waals surface area contributed by atoms with Crippen molar-refractivity contribution in [2.75, 3.05) is 7.11 Å². The van der Waals surface area contributed by atoms with E-state index in [1.165, 1.54) is 0 Å². The van der Waals surface area contributed by atoms with E-state index in [-0.39, 0.29) is 5.70 Å². The van der Waals surface area contributed by atoms with Crippen LogP contribution in [0, 0.1) is 6.92 Å². The topological polar surface area (TPSA) is 72.4 Å². The van der Waals surface area contributed by atoms with Gasteiger partial charge < -0.3 is 14.6 Å². The zero-order valence-corrected chi connectivity index (χ0v) is 12.2. The minimum Gasteiger partial charge on any atom is -0.497 e. The third-order valence-corrected chi connectivity index (χ3v) is 3.42. The average molecular weight is 297 g/mol. The van der Waals surface area contributed by atoms with E-state index in [9.17, 15) is 9.59 Å². The van der Waals surface area contributed by atoms with Crippen LogP contribution in [0.5, 0.6) is 5.75 Å². The zero-order valence-electron chi connectivity index (χ0n) is 12.2. The summed E-state index contributed by atoms with van der Waals surface area (Å²) in [5, 5.41) is 4.65. The molecule has 1 aromatic heterocycles. The van der Waals surface area contributed by atoms with Gasteiger partial charge in [0.1, 0.15) is 11.4 Å². The number of nitrogens with zero attached hydrogens (tertiary/aromatic N) is 1. The quantitative estimate of drug-likeness (QED) is 0.672. The number of aryl methyl sites for hydroxylation is 1. The summed E-state index contributed by atoms with van der Waals surface area (Å²) >= 11 is 0. The Kier molecular flexibility index (Phi) is 3.42. The predicted molar refractivity (Wildman–Crippen MR) is 81.7 cm³/mol. The van der Waals surface area contributed by atoms with Crippen LogP contribution in [0.25, 0.3) is 11.8 Å². The molecule has 0 spiro atoms. The molecule has 1 fully saturated rings. The van der Waals surface area contributed by atoms with E-state index in [0.29, 0.717) is 0 Å². The number of aromatic nitrogens is 1. The number of hydrogen-bond donors (Lipinski definition) is 2. The minimum atomic E-state index is -0.498. The largest absolute Gasteiger partial charge is 0.497 e. The van der Waals surface area contributed by atoms with E-state index in [4.69, 9.17) is 4.74 Å². The zero-order chi connectivity index (χ0) is 15.7. The number of carbonyl (C=O) groups excluding carboxylic acids is 2. The van der Waals surface area contributed by atoms with Crippen molar-refractivity contribution in [3.8, 4) is 11.4 Å². The van der Waals surface area contributed by atoms with Gasteiger partial charge in [0.15, 0.2) is 0 Å². The van der Waals surface area contributed by atoms with Gasteiger partial charge in [0, 0.05) is 17.6 Å². The molecule has 0 saturated carbocycles.